The number of rotatable bonds is 14. The van der Waals surface area contributed by atoms with E-state index in [1.807, 2.05) is 26.0 Å². The Balaban J connectivity index is 0.000000390. The van der Waals surface area contributed by atoms with Crippen molar-refractivity contribution in [3.8, 4) is 0 Å². The fraction of sp³-hybridized carbons (Fsp3) is 0.732. The van der Waals surface area contributed by atoms with Crippen molar-refractivity contribution in [1.82, 2.24) is 10.2 Å². The molecule has 8 heteroatoms. The van der Waals surface area contributed by atoms with Crippen molar-refractivity contribution in [3.05, 3.63) is 48.0 Å². The number of nitrogens with one attached hydrogen (secondary N) is 1. The van der Waals surface area contributed by atoms with Gasteiger partial charge in [-0.05, 0) is 80.2 Å². The average Bonchev–Trinajstić information content (AvgIpc) is 3.72. The first kappa shape index (κ1) is 44.3. The van der Waals surface area contributed by atoms with Gasteiger partial charge in [0, 0.05) is 32.3 Å². The number of allylic oxidation sites excluding steroid dienone is 1. The van der Waals surface area contributed by atoms with Crippen LogP contribution in [-0.4, -0.2) is 68.8 Å². The average molecular weight is 687 g/mol. The molecule has 2 aliphatic rings. The maximum Gasteiger partial charge on any atom is 0.330 e. The molecule has 7 unspecified atom stereocenters. The standard InChI is InChI=1S/C19H29NO2.C12H23NO2.C10H18O2/c1-5-22-19(21)18-13-20(11-16-9-7-6-8-10-16)12-17(18)15(4)14(2)3;1-5-15-12(14)11-7-13-6-10(11)9(4)8(2)3;1-5-12-10(11)7-6-9(4)8(2)3/h6-10,14-15,17-18H,5,11-13H2,1-4H3;8-11,13H,5-7H2,1-4H3;6-9H,5H2,1-4H3/b;;7-6+. The molecule has 0 saturated carbocycles. The summed E-state index contributed by atoms with van der Waals surface area (Å²) in [5, 5.41) is 3.30. The molecule has 0 aromatic heterocycles. The maximum atomic E-state index is 12.3. The molecule has 3 rings (SSSR count). The molecule has 1 aromatic rings. The van der Waals surface area contributed by atoms with Crippen molar-refractivity contribution >= 4 is 17.9 Å². The van der Waals surface area contributed by atoms with Gasteiger partial charge in [0.1, 0.15) is 0 Å². The third-order valence-corrected chi connectivity index (χ3v) is 10.5. The SMILES string of the molecule is CCOC(=O)/C=C/C(C)C(C)C.CCOC(=O)C1CN(Cc2ccccc2)CC1C(C)C(C)C.CCOC(=O)C1CNCC1C(C)C(C)C. The number of carbonyl (C=O) groups excluding carboxylic acids is 3. The Morgan fingerprint density at radius 2 is 1.24 bits per heavy atom. The van der Waals surface area contributed by atoms with Gasteiger partial charge in [-0.2, -0.15) is 0 Å². The highest BCUT2D eigenvalue weighted by atomic mass is 16.5. The Kier molecular flexibility index (Phi) is 21.4. The summed E-state index contributed by atoms with van der Waals surface area (Å²) in [6.07, 6.45) is 3.40. The zero-order chi connectivity index (χ0) is 37.1. The van der Waals surface area contributed by atoms with Crippen molar-refractivity contribution in [2.24, 2.45) is 59.2 Å². The van der Waals surface area contributed by atoms with Crippen LogP contribution in [0.3, 0.4) is 0 Å². The largest absolute Gasteiger partial charge is 0.466 e. The first-order chi connectivity index (χ1) is 23.2. The highest BCUT2D eigenvalue weighted by molar-refractivity contribution is 5.81. The van der Waals surface area contributed by atoms with Crippen LogP contribution in [-0.2, 0) is 35.1 Å². The summed E-state index contributed by atoms with van der Waals surface area (Å²) in [4.78, 5) is 37.3. The molecule has 0 spiro atoms. The molecule has 0 amide bonds. The summed E-state index contributed by atoms with van der Waals surface area (Å²) in [6, 6.07) is 10.5. The van der Waals surface area contributed by atoms with Gasteiger partial charge in [0.2, 0.25) is 0 Å². The van der Waals surface area contributed by atoms with Crippen molar-refractivity contribution in [3.63, 3.8) is 0 Å². The van der Waals surface area contributed by atoms with Gasteiger partial charge in [0.05, 0.1) is 31.7 Å². The zero-order valence-electron chi connectivity index (χ0n) is 32.9. The number of hydrogen-bond donors (Lipinski definition) is 1. The minimum Gasteiger partial charge on any atom is -0.466 e. The number of ether oxygens (including phenoxy) is 3. The van der Waals surface area contributed by atoms with Crippen LogP contribution in [0.15, 0.2) is 42.5 Å². The fourth-order valence-corrected chi connectivity index (χ4v) is 6.31. The number of benzene rings is 1. The quantitative estimate of drug-likeness (QED) is 0.121. The monoisotopic (exact) mass is 687 g/mol. The molecule has 0 radical (unpaired) electrons. The predicted octanol–water partition coefficient (Wildman–Crippen LogP) is 7.66. The molecule has 1 aromatic carbocycles. The van der Waals surface area contributed by atoms with Crippen molar-refractivity contribution in [2.45, 2.75) is 89.6 Å². The normalized spacial score (nSPS) is 22.6. The summed E-state index contributed by atoms with van der Waals surface area (Å²) in [5.74, 6) is 3.89. The topological polar surface area (TPSA) is 94.2 Å². The van der Waals surface area contributed by atoms with Gasteiger partial charge in [-0.15, -0.1) is 0 Å². The van der Waals surface area contributed by atoms with Crippen LogP contribution in [0.2, 0.25) is 0 Å². The Bertz CT molecular complexity index is 1100. The van der Waals surface area contributed by atoms with E-state index in [1.54, 1.807) is 6.92 Å². The van der Waals surface area contributed by atoms with Crippen LogP contribution in [0.5, 0.6) is 0 Å². The van der Waals surface area contributed by atoms with Crippen LogP contribution in [0, 0.1) is 59.2 Å². The van der Waals surface area contributed by atoms with Crippen LogP contribution in [0.25, 0.3) is 0 Å². The molecule has 280 valence electrons. The minimum atomic E-state index is -0.245. The third-order valence-electron chi connectivity index (χ3n) is 10.5. The molecular formula is C41H70N2O6. The van der Waals surface area contributed by atoms with E-state index in [2.05, 4.69) is 96.8 Å². The minimum absolute atomic E-state index is 0.0149. The van der Waals surface area contributed by atoms with Crippen LogP contribution in [0.4, 0.5) is 0 Å². The highest BCUT2D eigenvalue weighted by Gasteiger charge is 2.42. The molecule has 2 fully saturated rings. The molecule has 2 aliphatic heterocycles. The lowest BCUT2D eigenvalue weighted by Crippen LogP contribution is -2.30. The lowest BCUT2D eigenvalue weighted by atomic mass is 9.79. The second-order valence-corrected chi connectivity index (χ2v) is 14.8. The summed E-state index contributed by atoms with van der Waals surface area (Å²) < 4.78 is 15.2. The lowest BCUT2D eigenvalue weighted by molar-refractivity contribution is -0.150. The fourth-order valence-electron chi connectivity index (χ4n) is 6.31. The molecular weight excluding hydrogens is 616 g/mol. The summed E-state index contributed by atoms with van der Waals surface area (Å²) >= 11 is 0. The van der Waals surface area contributed by atoms with Crippen LogP contribution in [0.1, 0.15) is 88.6 Å². The molecule has 0 aliphatic carbocycles. The number of likely N-dealkylation sites (tertiary alicyclic amines) is 1. The van der Waals surface area contributed by atoms with Crippen molar-refractivity contribution in [1.29, 1.82) is 0 Å². The van der Waals surface area contributed by atoms with Crippen molar-refractivity contribution in [2.75, 3.05) is 46.0 Å². The number of hydrogen-bond acceptors (Lipinski definition) is 8. The van der Waals surface area contributed by atoms with Gasteiger partial charge < -0.3 is 19.5 Å². The number of esters is 3. The van der Waals surface area contributed by atoms with Gasteiger partial charge >= 0.3 is 17.9 Å². The van der Waals surface area contributed by atoms with Gasteiger partial charge in [-0.25, -0.2) is 4.79 Å². The van der Waals surface area contributed by atoms with E-state index in [1.165, 1.54) is 11.6 Å². The molecule has 2 saturated heterocycles. The molecule has 49 heavy (non-hydrogen) atoms. The smallest absolute Gasteiger partial charge is 0.330 e. The van der Waals surface area contributed by atoms with E-state index >= 15 is 0 Å². The lowest BCUT2D eigenvalue weighted by Gasteiger charge is -2.26. The molecule has 0 bridgehead atoms. The van der Waals surface area contributed by atoms with E-state index in [0.717, 1.165) is 32.7 Å². The van der Waals surface area contributed by atoms with Gasteiger partial charge in [0.15, 0.2) is 0 Å². The Morgan fingerprint density at radius 1 is 0.714 bits per heavy atom. The van der Waals surface area contributed by atoms with Crippen molar-refractivity contribution < 1.29 is 28.6 Å². The zero-order valence-corrected chi connectivity index (χ0v) is 32.9. The summed E-state index contributed by atoms with van der Waals surface area (Å²) in [6.45, 7) is 31.1. The van der Waals surface area contributed by atoms with E-state index in [9.17, 15) is 14.4 Å². The summed E-state index contributed by atoms with van der Waals surface area (Å²) in [7, 11) is 0. The Morgan fingerprint density at radius 3 is 1.76 bits per heavy atom. The molecule has 7 atom stereocenters. The van der Waals surface area contributed by atoms with E-state index in [0.29, 0.717) is 67.2 Å². The molecule has 2 heterocycles. The second kappa shape index (κ2) is 23.7. The van der Waals surface area contributed by atoms with E-state index in [4.69, 9.17) is 14.2 Å². The number of nitrogens with zero attached hydrogens (tertiary/aromatic N) is 1. The first-order valence-corrected chi connectivity index (χ1v) is 18.8. The molecule has 1 N–H and O–H groups in total. The van der Waals surface area contributed by atoms with Crippen LogP contribution < -0.4 is 5.32 Å². The van der Waals surface area contributed by atoms with Gasteiger partial charge in [-0.3, -0.25) is 14.5 Å². The number of carbonyl (C=O) groups is 3. The Hall–Kier alpha value is -2.71. The van der Waals surface area contributed by atoms with Gasteiger partial charge in [-0.1, -0.05) is 98.7 Å². The third kappa shape index (κ3) is 15.8. The van der Waals surface area contributed by atoms with E-state index in [-0.39, 0.29) is 29.7 Å². The van der Waals surface area contributed by atoms with Gasteiger partial charge in [0.25, 0.3) is 0 Å². The Labute approximate surface area is 299 Å². The van der Waals surface area contributed by atoms with E-state index < -0.39 is 0 Å². The first-order valence-electron chi connectivity index (χ1n) is 18.8. The molecule has 8 nitrogen and oxygen atoms in total. The second-order valence-electron chi connectivity index (χ2n) is 14.8. The maximum absolute atomic E-state index is 12.3. The van der Waals surface area contributed by atoms with Crippen LogP contribution >= 0.6 is 0 Å². The predicted molar refractivity (Wildman–Crippen MR) is 200 cm³/mol. The highest BCUT2D eigenvalue weighted by Crippen LogP contribution is 2.35. The summed E-state index contributed by atoms with van der Waals surface area (Å²) in [5.41, 5.74) is 1.31.